The third-order valence-electron chi connectivity index (χ3n) is 2.87. The highest BCUT2D eigenvalue weighted by molar-refractivity contribution is 5.79. The molecule has 1 heterocycles. The van der Waals surface area contributed by atoms with E-state index >= 15 is 0 Å². The molecule has 0 spiro atoms. The van der Waals surface area contributed by atoms with Crippen molar-refractivity contribution in [3.63, 3.8) is 0 Å². The Kier molecular flexibility index (Phi) is 3.89. The smallest absolute Gasteiger partial charge is 0.226 e. The maximum Gasteiger partial charge on any atom is 0.226 e. The summed E-state index contributed by atoms with van der Waals surface area (Å²) in [6.07, 6.45) is 0.944. The van der Waals surface area contributed by atoms with Crippen LogP contribution in [-0.2, 0) is 4.79 Å². The number of carbonyl (C=O) groups excluding carboxylic acids is 1. The predicted octanol–water partition coefficient (Wildman–Crippen LogP) is -0.386. The molecule has 1 saturated heterocycles. The molecule has 14 heavy (non-hydrogen) atoms. The van der Waals surface area contributed by atoms with E-state index in [1.165, 1.54) is 0 Å². The van der Waals surface area contributed by atoms with Crippen LogP contribution in [0.1, 0.15) is 6.42 Å². The van der Waals surface area contributed by atoms with Gasteiger partial charge >= 0.3 is 0 Å². The van der Waals surface area contributed by atoms with Crippen LogP contribution in [0.4, 0.5) is 0 Å². The first-order valence-electron chi connectivity index (χ1n) is 5.12. The molecule has 0 aromatic rings. The minimum absolute atomic E-state index is 0.154. The first-order valence-corrected chi connectivity index (χ1v) is 5.12. The van der Waals surface area contributed by atoms with E-state index in [2.05, 4.69) is 10.2 Å². The fraction of sp³-hybridized carbons (Fsp3) is 0.900. The number of nitrogens with one attached hydrogen (secondary N) is 1. The van der Waals surface area contributed by atoms with E-state index in [0.717, 1.165) is 19.5 Å². The van der Waals surface area contributed by atoms with E-state index in [0.29, 0.717) is 6.04 Å². The average molecular weight is 199 g/mol. The molecule has 1 amide bonds. The summed E-state index contributed by atoms with van der Waals surface area (Å²) >= 11 is 0. The molecule has 0 aromatic heterocycles. The quantitative estimate of drug-likeness (QED) is 0.658. The summed E-state index contributed by atoms with van der Waals surface area (Å²) in [6, 6.07) is 0.332. The maximum atomic E-state index is 11.9. The summed E-state index contributed by atoms with van der Waals surface area (Å²) in [7, 11) is 7.73. The first-order chi connectivity index (χ1) is 6.54. The Balaban J connectivity index is 2.67. The summed E-state index contributed by atoms with van der Waals surface area (Å²) in [6.45, 7) is 1.87. The van der Waals surface area contributed by atoms with Gasteiger partial charge in [-0.25, -0.2) is 0 Å². The molecule has 2 unspecified atom stereocenters. The largest absolute Gasteiger partial charge is 0.349 e. The Morgan fingerprint density at radius 1 is 1.29 bits per heavy atom. The highest BCUT2D eigenvalue weighted by Crippen LogP contribution is 2.18. The van der Waals surface area contributed by atoms with Gasteiger partial charge in [-0.05, 0) is 27.1 Å². The molecule has 1 aliphatic rings. The molecule has 0 aromatic carbocycles. The molecule has 1 fully saturated rings. The summed E-state index contributed by atoms with van der Waals surface area (Å²) in [4.78, 5) is 15.7. The van der Waals surface area contributed by atoms with Gasteiger partial charge in [0.1, 0.15) is 0 Å². The lowest BCUT2D eigenvalue weighted by Crippen LogP contribution is -2.53. The zero-order chi connectivity index (χ0) is 10.7. The van der Waals surface area contributed by atoms with E-state index in [1.54, 1.807) is 4.90 Å². The zero-order valence-electron chi connectivity index (χ0n) is 9.58. The van der Waals surface area contributed by atoms with Gasteiger partial charge in [0.15, 0.2) is 0 Å². The number of piperidine rings is 1. The second-order valence-corrected chi connectivity index (χ2v) is 4.36. The van der Waals surface area contributed by atoms with Gasteiger partial charge in [0.05, 0.1) is 5.92 Å². The van der Waals surface area contributed by atoms with Crippen LogP contribution in [0.2, 0.25) is 0 Å². The Morgan fingerprint density at radius 3 is 2.43 bits per heavy atom. The Hall–Kier alpha value is -0.610. The molecule has 0 bridgehead atoms. The summed E-state index contributed by atoms with van der Waals surface area (Å²) in [5.74, 6) is 0.409. The molecular formula is C10H21N3O. The fourth-order valence-corrected chi connectivity index (χ4v) is 2.00. The van der Waals surface area contributed by atoms with Gasteiger partial charge in [-0.1, -0.05) is 0 Å². The number of amides is 1. The van der Waals surface area contributed by atoms with Crippen molar-refractivity contribution in [3.05, 3.63) is 0 Å². The summed E-state index contributed by atoms with van der Waals surface area (Å²) < 4.78 is 0. The topological polar surface area (TPSA) is 35.6 Å². The Labute approximate surface area is 86.2 Å². The monoisotopic (exact) mass is 199 g/mol. The molecular weight excluding hydrogens is 178 g/mol. The number of hydrogen-bond donors (Lipinski definition) is 1. The van der Waals surface area contributed by atoms with E-state index in [1.807, 2.05) is 28.2 Å². The van der Waals surface area contributed by atoms with Crippen LogP contribution in [-0.4, -0.2) is 63.0 Å². The molecule has 1 N–H and O–H groups in total. The van der Waals surface area contributed by atoms with E-state index in [-0.39, 0.29) is 11.8 Å². The van der Waals surface area contributed by atoms with Gasteiger partial charge in [0.25, 0.3) is 0 Å². The highest BCUT2D eigenvalue weighted by Gasteiger charge is 2.32. The first kappa shape index (κ1) is 11.5. The molecule has 1 aliphatic heterocycles. The normalized spacial score (nSPS) is 27.8. The van der Waals surface area contributed by atoms with Crippen LogP contribution in [0.5, 0.6) is 0 Å². The fourth-order valence-electron chi connectivity index (χ4n) is 2.00. The Morgan fingerprint density at radius 2 is 1.93 bits per heavy atom. The zero-order valence-corrected chi connectivity index (χ0v) is 9.58. The minimum atomic E-state index is 0.154. The van der Waals surface area contributed by atoms with Crippen molar-refractivity contribution in [3.8, 4) is 0 Å². The lowest BCUT2D eigenvalue weighted by Gasteiger charge is -2.36. The van der Waals surface area contributed by atoms with Gasteiger partial charge in [0.2, 0.25) is 5.91 Å². The van der Waals surface area contributed by atoms with Crippen LogP contribution in [0.25, 0.3) is 0 Å². The van der Waals surface area contributed by atoms with Crippen molar-refractivity contribution in [2.24, 2.45) is 5.92 Å². The van der Waals surface area contributed by atoms with Crippen LogP contribution < -0.4 is 5.32 Å². The third kappa shape index (κ3) is 2.45. The molecule has 82 valence electrons. The molecule has 0 aliphatic carbocycles. The number of carbonyl (C=O) groups is 1. The molecule has 4 heteroatoms. The van der Waals surface area contributed by atoms with Crippen molar-refractivity contribution in [2.45, 2.75) is 12.5 Å². The molecule has 2 atom stereocenters. The SMILES string of the molecule is CN(C)C(=O)C1CCNCC1N(C)C. The molecule has 1 rings (SSSR count). The molecule has 4 nitrogen and oxygen atoms in total. The van der Waals surface area contributed by atoms with Gasteiger partial charge in [0, 0.05) is 26.7 Å². The second-order valence-electron chi connectivity index (χ2n) is 4.36. The number of likely N-dealkylation sites (N-methyl/N-ethyl adjacent to an activating group) is 1. The van der Waals surface area contributed by atoms with E-state index in [9.17, 15) is 4.79 Å². The van der Waals surface area contributed by atoms with Crippen molar-refractivity contribution in [2.75, 3.05) is 41.3 Å². The van der Waals surface area contributed by atoms with Gasteiger partial charge < -0.3 is 15.1 Å². The lowest BCUT2D eigenvalue weighted by molar-refractivity contribution is -0.135. The van der Waals surface area contributed by atoms with Gasteiger partial charge in [-0.15, -0.1) is 0 Å². The lowest BCUT2D eigenvalue weighted by atomic mass is 9.91. The second kappa shape index (κ2) is 4.75. The van der Waals surface area contributed by atoms with Crippen molar-refractivity contribution < 1.29 is 4.79 Å². The maximum absolute atomic E-state index is 11.9. The minimum Gasteiger partial charge on any atom is -0.349 e. The van der Waals surface area contributed by atoms with Gasteiger partial charge in [-0.2, -0.15) is 0 Å². The predicted molar refractivity (Wildman–Crippen MR) is 57.1 cm³/mol. The molecule has 0 saturated carbocycles. The third-order valence-corrected chi connectivity index (χ3v) is 2.87. The van der Waals surface area contributed by atoms with Crippen LogP contribution in [0, 0.1) is 5.92 Å². The summed E-state index contributed by atoms with van der Waals surface area (Å²) in [5, 5.41) is 3.33. The van der Waals surface area contributed by atoms with Crippen molar-refractivity contribution >= 4 is 5.91 Å². The molecule has 0 radical (unpaired) electrons. The Bertz CT molecular complexity index is 204. The van der Waals surface area contributed by atoms with E-state index < -0.39 is 0 Å². The number of hydrogen-bond acceptors (Lipinski definition) is 3. The van der Waals surface area contributed by atoms with Gasteiger partial charge in [-0.3, -0.25) is 4.79 Å². The summed E-state index contributed by atoms with van der Waals surface area (Å²) in [5.41, 5.74) is 0. The van der Waals surface area contributed by atoms with Crippen LogP contribution in [0.3, 0.4) is 0 Å². The highest BCUT2D eigenvalue weighted by atomic mass is 16.2. The van der Waals surface area contributed by atoms with E-state index in [4.69, 9.17) is 0 Å². The average Bonchev–Trinajstić information content (AvgIpc) is 2.16. The van der Waals surface area contributed by atoms with Crippen molar-refractivity contribution in [1.82, 2.24) is 15.1 Å². The van der Waals surface area contributed by atoms with Crippen molar-refractivity contribution in [1.29, 1.82) is 0 Å². The van der Waals surface area contributed by atoms with Crippen LogP contribution in [0.15, 0.2) is 0 Å². The number of rotatable bonds is 2. The van der Waals surface area contributed by atoms with Crippen LogP contribution >= 0.6 is 0 Å². The number of nitrogens with zero attached hydrogens (tertiary/aromatic N) is 2. The standard InChI is InChI=1S/C10H21N3O/c1-12(2)9-7-11-6-5-8(9)10(14)13(3)4/h8-9,11H,5-7H2,1-4H3.